The molecular weight excluding hydrogens is 368 g/mol. The maximum absolute atomic E-state index is 12.1. The average Bonchev–Trinajstić information content (AvgIpc) is 3.05. The number of piperazine rings is 1. The Morgan fingerprint density at radius 2 is 1.77 bits per heavy atom. The molecule has 2 aromatic heterocycles. The van der Waals surface area contributed by atoms with Crippen molar-refractivity contribution >= 4 is 37.4 Å². The summed E-state index contributed by atoms with van der Waals surface area (Å²) in [5, 5.41) is 1.23. The fourth-order valence-corrected chi connectivity index (χ4v) is 6.29. The van der Waals surface area contributed by atoms with Crippen LogP contribution in [0.25, 0.3) is 10.2 Å². The molecular formula is C18H26N4O2S2. The summed E-state index contributed by atoms with van der Waals surface area (Å²) in [7, 11) is -3.11. The van der Waals surface area contributed by atoms with Crippen molar-refractivity contribution in [3.8, 4) is 0 Å². The van der Waals surface area contributed by atoms with Crippen molar-refractivity contribution in [3.63, 3.8) is 0 Å². The monoisotopic (exact) mass is 394 g/mol. The largest absolute Gasteiger partial charge is 0.353 e. The van der Waals surface area contributed by atoms with Gasteiger partial charge in [0.25, 0.3) is 0 Å². The first-order valence-corrected chi connectivity index (χ1v) is 12.0. The third-order valence-electron chi connectivity index (χ3n) is 5.45. The standard InChI is InChI=1S/C18H26N4O2S2/c1-3-15-19-17(21-9-11-22(12-10-21)26(23,24)4-2)16-13-7-5-6-8-14(13)25-18(16)20-15/h3-12H2,1-2H3. The topological polar surface area (TPSA) is 66.4 Å². The molecule has 4 rings (SSSR count). The van der Waals surface area contributed by atoms with Gasteiger partial charge in [-0.25, -0.2) is 18.4 Å². The van der Waals surface area contributed by atoms with Crippen molar-refractivity contribution in [3.05, 3.63) is 16.3 Å². The van der Waals surface area contributed by atoms with E-state index in [1.165, 1.54) is 28.7 Å². The predicted octanol–water partition coefficient (Wildman–Crippen LogP) is 2.60. The summed E-state index contributed by atoms with van der Waals surface area (Å²) >= 11 is 1.83. The van der Waals surface area contributed by atoms with Crippen molar-refractivity contribution in [2.75, 3.05) is 36.8 Å². The SMILES string of the molecule is CCc1nc(N2CCN(S(=O)(=O)CC)CC2)c2c3c(sc2n1)CCCC3. The molecule has 6 nitrogen and oxygen atoms in total. The number of aryl methyl sites for hydroxylation is 3. The first-order valence-electron chi connectivity index (χ1n) is 9.57. The van der Waals surface area contributed by atoms with Crippen LogP contribution in [0.3, 0.4) is 0 Å². The number of hydrogen-bond donors (Lipinski definition) is 0. The molecule has 0 spiro atoms. The van der Waals surface area contributed by atoms with Crippen LogP contribution in [0.2, 0.25) is 0 Å². The Morgan fingerprint density at radius 3 is 2.46 bits per heavy atom. The van der Waals surface area contributed by atoms with Crippen LogP contribution in [0.4, 0.5) is 5.82 Å². The minimum absolute atomic E-state index is 0.169. The lowest BCUT2D eigenvalue weighted by Crippen LogP contribution is -2.49. The highest BCUT2D eigenvalue weighted by atomic mass is 32.2. The van der Waals surface area contributed by atoms with Crippen molar-refractivity contribution in [1.82, 2.24) is 14.3 Å². The van der Waals surface area contributed by atoms with Crippen LogP contribution in [-0.4, -0.2) is 54.6 Å². The lowest BCUT2D eigenvalue weighted by atomic mass is 9.97. The van der Waals surface area contributed by atoms with Crippen LogP contribution >= 0.6 is 11.3 Å². The predicted molar refractivity (Wildman–Crippen MR) is 107 cm³/mol. The summed E-state index contributed by atoms with van der Waals surface area (Å²) in [6.07, 6.45) is 5.57. The quantitative estimate of drug-likeness (QED) is 0.797. The van der Waals surface area contributed by atoms with Gasteiger partial charge in [0, 0.05) is 37.5 Å². The summed E-state index contributed by atoms with van der Waals surface area (Å²) in [5.74, 6) is 2.08. The Hall–Kier alpha value is -1.25. The molecule has 2 aliphatic rings. The number of hydrogen-bond acceptors (Lipinski definition) is 6. The molecule has 1 fully saturated rings. The number of nitrogens with zero attached hydrogens (tertiary/aromatic N) is 4. The van der Waals surface area contributed by atoms with E-state index >= 15 is 0 Å². The highest BCUT2D eigenvalue weighted by Gasteiger charge is 2.29. The van der Waals surface area contributed by atoms with Gasteiger partial charge >= 0.3 is 0 Å². The smallest absolute Gasteiger partial charge is 0.213 e. The van der Waals surface area contributed by atoms with E-state index in [-0.39, 0.29) is 5.75 Å². The van der Waals surface area contributed by atoms with Crippen LogP contribution in [-0.2, 0) is 29.3 Å². The van der Waals surface area contributed by atoms with Crippen LogP contribution < -0.4 is 4.90 Å². The first-order chi connectivity index (χ1) is 12.5. The fraction of sp³-hybridized carbons (Fsp3) is 0.667. The number of sulfonamides is 1. The van der Waals surface area contributed by atoms with E-state index in [1.54, 1.807) is 11.2 Å². The molecule has 3 heterocycles. The van der Waals surface area contributed by atoms with Gasteiger partial charge in [-0.05, 0) is 38.2 Å². The van der Waals surface area contributed by atoms with Gasteiger partial charge in [0.1, 0.15) is 16.5 Å². The summed E-state index contributed by atoms with van der Waals surface area (Å²) in [4.78, 5) is 14.5. The maximum Gasteiger partial charge on any atom is 0.213 e. The maximum atomic E-state index is 12.1. The van der Waals surface area contributed by atoms with Gasteiger partial charge in [-0.2, -0.15) is 4.31 Å². The van der Waals surface area contributed by atoms with Gasteiger partial charge in [0.15, 0.2) is 0 Å². The number of aromatic nitrogens is 2. The van der Waals surface area contributed by atoms with E-state index in [2.05, 4.69) is 11.8 Å². The molecule has 0 atom stereocenters. The summed E-state index contributed by atoms with van der Waals surface area (Å²) in [6, 6.07) is 0. The lowest BCUT2D eigenvalue weighted by Gasteiger charge is -2.35. The van der Waals surface area contributed by atoms with Gasteiger partial charge < -0.3 is 4.90 Å². The zero-order chi connectivity index (χ0) is 18.3. The van der Waals surface area contributed by atoms with E-state index < -0.39 is 10.0 Å². The van der Waals surface area contributed by atoms with Crippen LogP contribution in [0.1, 0.15) is 43.0 Å². The Kier molecular flexibility index (Phi) is 4.92. The number of fused-ring (bicyclic) bond motifs is 3. The molecule has 8 heteroatoms. The van der Waals surface area contributed by atoms with E-state index in [1.807, 2.05) is 11.3 Å². The van der Waals surface area contributed by atoms with Crippen molar-refractivity contribution in [1.29, 1.82) is 0 Å². The second-order valence-electron chi connectivity index (χ2n) is 6.99. The zero-order valence-electron chi connectivity index (χ0n) is 15.5. The Balaban J connectivity index is 1.71. The number of rotatable bonds is 4. The highest BCUT2D eigenvalue weighted by molar-refractivity contribution is 7.89. The molecule has 0 radical (unpaired) electrons. The second-order valence-corrected chi connectivity index (χ2v) is 10.3. The number of thiophene rings is 1. The fourth-order valence-electron chi connectivity index (χ4n) is 3.93. The van der Waals surface area contributed by atoms with Crippen LogP contribution in [0.5, 0.6) is 0 Å². The third-order valence-corrected chi connectivity index (χ3v) is 8.52. The van der Waals surface area contributed by atoms with Gasteiger partial charge in [-0.1, -0.05) is 6.92 Å². The first kappa shape index (κ1) is 18.1. The normalized spacial score (nSPS) is 19.1. The minimum Gasteiger partial charge on any atom is -0.353 e. The van der Waals surface area contributed by atoms with Crippen molar-refractivity contribution in [2.24, 2.45) is 0 Å². The van der Waals surface area contributed by atoms with E-state index in [4.69, 9.17) is 9.97 Å². The minimum atomic E-state index is -3.11. The van der Waals surface area contributed by atoms with Gasteiger partial charge in [0.05, 0.1) is 11.1 Å². The molecule has 0 aromatic carbocycles. The molecule has 0 amide bonds. The van der Waals surface area contributed by atoms with E-state index in [0.29, 0.717) is 26.2 Å². The van der Waals surface area contributed by atoms with Crippen molar-refractivity contribution < 1.29 is 8.42 Å². The third kappa shape index (κ3) is 3.12. The molecule has 1 saturated heterocycles. The van der Waals surface area contributed by atoms with Gasteiger partial charge in [-0.15, -0.1) is 11.3 Å². The summed E-state index contributed by atoms with van der Waals surface area (Å²) < 4.78 is 25.9. The molecule has 2 aromatic rings. The van der Waals surface area contributed by atoms with Crippen LogP contribution in [0, 0.1) is 0 Å². The Labute approximate surface area is 159 Å². The van der Waals surface area contributed by atoms with Crippen LogP contribution in [0.15, 0.2) is 0 Å². The highest BCUT2D eigenvalue weighted by Crippen LogP contribution is 2.40. The average molecular weight is 395 g/mol. The molecule has 1 aliphatic heterocycles. The van der Waals surface area contributed by atoms with E-state index in [0.717, 1.165) is 35.7 Å². The molecule has 1 aliphatic carbocycles. The summed E-state index contributed by atoms with van der Waals surface area (Å²) in [6.45, 7) is 6.26. The van der Waals surface area contributed by atoms with Crippen molar-refractivity contribution in [2.45, 2.75) is 46.0 Å². The molecule has 0 unspecified atom stereocenters. The Bertz CT molecular complexity index is 915. The second kappa shape index (κ2) is 7.05. The van der Waals surface area contributed by atoms with Gasteiger partial charge in [-0.3, -0.25) is 0 Å². The zero-order valence-corrected chi connectivity index (χ0v) is 17.1. The summed E-state index contributed by atoms with van der Waals surface area (Å²) in [5.41, 5.74) is 1.44. The molecule has 0 N–H and O–H groups in total. The van der Waals surface area contributed by atoms with E-state index in [9.17, 15) is 8.42 Å². The Morgan fingerprint density at radius 1 is 1.04 bits per heavy atom. The lowest BCUT2D eigenvalue weighted by molar-refractivity contribution is 0.384. The van der Waals surface area contributed by atoms with Gasteiger partial charge in [0.2, 0.25) is 10.0 Å². The number of anilines is 1. The molecule has 0 bridgehead atoms. The molecule has 142 valence electrons. The molecule has 0 saturated carbocycles. The molecule has 26 heavy (non-hydrogen) atoms.